The molecular weight excluding hydrogens is 1180 g/mol. The first-order chi connectivity index (χ1) is 44.4. The van der Waals surface area contributed by atoms with E-state index in [1.165, 1.54) is 41.0 Å². The molecule has 11 aromatic rings. The van der Waals surface area contributed by atoms with Crippen LogP contribution in [-0.2, 0) is 36.7 Å². The lowest BCUT2D eigenvalue weighted by Gasteiger charge is -2.26. The average molecular weight is 1250 g/mol. The molecule has 466 valence electrons. The molecule has 0 saturated carbocycles. The second-order valence-corrected chi connectivity index (χ2v) is 22.9. The summed E-state index contributed by atoms with van der Waals surface area (Å²) in [5.74, 6) is 3.18. The number of alkyl halides is 3. The number of aromatic nitrogens is 11. The highest BCUT2D eigenvalue weighted by Crippen LogP contribution is 2.37. The molecule has 91 heavy (non-hydrogen) atoms. The number of fused-ring (bicyclic) bond motifs is 4. The van der Waals surface area contributed by atoms with Crippen LogP contribution in [0.5, 0.6) is 0 Å². The first kappa shape index (κ1) is 62.6. The summed E-state index contributed by atoms with van der Waals surface area (Å²) in [6, 6.07) is 35.5. The number of benzene rings is 4. The lowest BCUT2D eigenvalue weighted by atomic mass is 10.1. The number of nitriles is 1. The zero-order valence-corrected chi connectivity index (χ0v) is 51.0. The molecule has 2 atom stereocenters. The summed E-state index contributed by atoms with van der Waals surface area (Å²) in [4.78, 5) is 52.0. The van der Waals surface area contributed by atoms with E-state index in [1.54, 1.807) is 60.5 Å². The van der Waals surface area contributed by atoms with Crippen LogP contribution in [0, 0.1) is 18.3 Å². The fourth-order valence-electron chi connectivity index (χ4n) is 10.9. The molecule has 4 aromatic carbocycles. The highest BCUT2D eigenvalue weighted by atomic mass is 32.1. The Kier molecular flexibility index (Phi) is 20.6. The molecule has 2 fully saturated rings. The minimum atomic E-state index is -4.34. The number of nitrogens with zero attached hydrogens (tertiary/aromatic N) is 13. The molecule has 2 unspecified atom stereocenters. The Morgan fingerprint density at radius 3 is 2.34 bits per heavy atom. The monoisotopic (exact) mass is 1250 g/mol. The standard InChI is InChI=1S/C19H19N5O.C18H20N4OS.C16H18N4O.C13H10F3N5/c20-10-13-4-6-14(7-5-13)19(25)24-9-8-15(11-24)23-18-16-2-1-3-17(16)21-12-22-18;1-2-4-14(5-3-1)15-12-24-18-16(15)17(20-13-21-18)19-6-7-22-8-10-23-11-9-22;1-11(8-9-13-6-4-3-5-7-13)19-15-14-12(2)20-21-16(14)18-10-17-15;14-13(15,16)9-3-1-2-8(4-9)5-17-11-10-6-20-21-12(10)19-7-18-11/h4-7,12,15H,1-3,8-9,11H2,(H,21,22,23);1-5,12-13H,6-11H2,(H,19,20,21);3-7,10-11H,8-9H2,1-2H3,(H,17,18,19);1-4,6-7H,5H2,(H2,17,18,19,20,21). The van der Waals surface area contributed by atoms with Crippen LogP contribution >= 0.6 is 11.3 Å². The van der Waals surface area contributed by atoms with Crippen LogP contribution in [0.4, 0.5) is 36.4 Å². The van der Waals surface area contributed by atoms with Gasteiger partial charge in [-0.15, -0.1) is 11.3 Å². The maximum absolute atomic E-state index is 12.6. The van der Waals surface area contributed by atoms with E-state index in [0.29, 0.717) is 51.8 Å². The van der Waals surface area contributed by atoms with Gasteiger partial charge in [0.15, 0.2) is 5.65 Å². The predicted octanol–water partition coefficient (Wildman–Crippen LogP) is 11.6. The number of H-pyrrole nitrogens is 1. The molecule has 9 heterocycles. The van der Waals surface area contributed by atoms with Gasteiger partial charge in [-0.3, -0.25) is 14.8 Å². The number of nitrogens with one attached hydrogen (secondary N) is 5. The van der Waals surface area contributed by atoms with Crippen molar-refractivity contribution in [1.29, 1.82) is 5.26 Å². The van der Waals surface area contributed by atoms with Gasteiger partial charge in [0.05, 0.1) is 53.1 Å². The third-order valence-corrected chi connectivity index (χ3v) is 16.6. The highest BCUT2D eigenvalue weighted by molar-refractivity contribution is 7.17. The number of thiophene rings is 1. The molecule has 14 rings (SSSR count). The number of anilines is 4. The second-order valence-electron chi connectivity index (χ2n) is 22.0. The SMILES string of the molecule is Cc1noc2ncnc(NC(C)CCc3ccccc3)c12.FC(F)(F)c1cccc(CNc2ncnc3[nH]ncc23)c1.N#Cc1ccc(C(=O)N2CCC(Nc3ncnc4c3CCC4)C2)cc1.c1ccc(-c2csc3ncnc(NCCN4CCOCC4)c23)cc1. The Morgan fingerprint density at radius 1 is 0.802 bits per heavy atom. The Morgan fingerprint density at radius 2 is 1.54 bits per heavy atom. The first-order valence-electron chi connectivity index (χ1n) is 30.1. The zero-order valence-electron chi connectivity index (χ0n) is 50.2. The Bertz CT molecular complexity index is 4220. The molecule has 7 aromatic heterocycles. The van der Waals surface area contributed by atoms with Crippen LogP contribution in [0.3, 0.4) is 0 Å². The molecule has 0 bridgehead atoms. The van der Waals surface area contributed by atoms with Crippen molar-refractivity contribution in [3.05, 3.63) is 191 Å². The van der Waals surface area contributed by atoms with E-state index < -0.39 is 11.7 Å². The van der Waals surface area contributed by atoms with Crippen molar-refractivity contribution in [3.8, 4) is 17.2 Å². The molecule has 5 N–H and O–H groups in total. The van der Waals surface area contributed by atoms with Crippen molar-refractivity contribution in [2.24, 2.45) is 0 Å². The molecule has 0 radical (unpaired) electrons. The van der Waals surface area contributed by atoms with Crippen molar-refractivity contribution < 1.29 is 27.2 Å². The number of ether oxygens (including phenoxy) is 1. The van der Waals surface area contributed by atoms with Crippen LogP contribution in [0.2, 0.25) is 0 Å². The number of morpholine rings is 1. The number of halogens is 3. The molecule has 25 heteroatoms. The van der Waals surface area contributed by atoms with Crippen LogP contribution < -0.4 is 21.3 Å². The van der Waals surface area contributed by atoms with Gasteiger partial charge in [-0.25, -0.2) is 34.9 Å². The number of hydrogen-bond acceptors (Lipinski definition) is 20. The first-order valence-corrected chi connectivity index (χ1v) is 30.9. The molecule has 1 amide bonds. The largest absolute Gasteiger partial charge is 0.416 e. The summed E-state index contributed by atoms with van der Waals surface area (Å²) in [5.41, 5.74) is 9.08. The summed E-state index contributed by atoms with van der Waals surface area (Å²) >= 11 is 1.67. The van der Waals surface area contributed by atoms with Gasteiger partial charge in [0.1, 0.15) is 58.8 Å². The Labute approximate surface area is 527 Å². The minimum Gasteiger partial charge on any atom is -0.379 e. The van der Waals surface area contributed by atoms with E-state index in [0.717, 1.165) is 141 Å². The number of aromatic amines is 1. The third-order valence-electron chi connectivity index (χ3n) is 15.7. The van der Waals surface area contributed by atoms with E-state index >= 15 is 0 Å². The van der Waals surface area contributed by atoms with Crippen molar-refractivity contribution in [2.45, 2.75) is 77.2 Å². The number of likely N-dealkylation sites (tertiary alicyclic amines) is 1. The van der Waals surface area contributed by atoms with Crippen LogP contribution in [-0.4, -0.2) is 135 Å². The summed E-state index contributed by atoms with van der Waals surface area (Å²) in [5, 5.41) is 37.6. The fourth-order valence-corrected chi connectivity index (χ4v) is 11.8. The molecule has 2 saturated heterocycles. The molecule has 0 spiro atoms. The van der Waals surface area contributed by atoms with Gasteiger partial charge in [-0.05, 0) is 105 Å². The zero-order chi connectivity index (χ0) is 62.9. The van der Waals surface area contributed by atoms with E-state index in [2.05, 4.69) is 148 Å². The smallest absolute Gasteiger partial charge is 0.379 e. The minimum absolute atomic E-state index is 0.0155. The number of carbonyl (C=O) groups is 1. The number of hydrogen-bond donors (Lipinski definition) is 5. The Balaban J connectivity index is 0.000000125. The molecule has 2 aliphatic heterocycles. The Hall–Kier alpha value is -10.0. The van der Waals surface area contributed by atoms with Gasteiger partial charge in [0, 0.05) is 85.7 Å². The van der Waals surface area contributed by atoms with E-state index in [4.69, 9.17) is 14.5 Å². The van der Waals surface area contributed by atoms with Crippen molar-refractivity contribution in [1.82, 2.24) is 65.0 Å². The predicted molar refractivity (Wildman–Crippen MR) is 344 cm³/mol. The van der Waals surface area contributed by atoms with E-state index in [-0.39, 0.29) is 18.5 Å². The molecule has 21 nitrogen and oxygen atoms in total. The number of carbonyl (C=O) groups excluding carboxylic acids is 1. The van der Waals surface area contributed by atoms with Gasteiger partial charge in [-0.2, -0.15) is 28.5 Å². The maximum Gasteiger partial charge on any atom is 0.416 e. The number of aryl methyl sites for hydroxylation is 3. The van der Waals surface area contributed by atoms with E-state index in [1.807, 2.05) is 24.0 Å². The van der Waals surface area contributed by atoms with Crippen molar-refractivity contribution in [3.63, 3.8) is 0 Å². The summed E-state index contributed by atoms with van der Waals surface area (Å²) in [6.07, 6.45) is 9.50. The third kappa shape index (κ3) is 16.2. The van der Waals surface area contributed by atoms with Crippen LogP contribution in [0.25, 0.3) is 43.5 Å². The fraction of sp³-hybridized carbons (Fsp3) is 0.303. The van der Waals surface area contributed by atoms with E-state index in [9.17, 15) is 18.0 Å². The van der Waals surface area contributed by atoms with Crippen molar-refractivity contribution in [2.75, 3.05) is 73.7 Å². The normalized spacial score (nSPS) is 14.9. The van der Waals surface area contributed by atoms with Gasteiger partial charge < -0.3 is 35.4 Å². The van der Waals surface area contributed by atoms with Gasteiger partial charge in [-0.1, -0.05) is 78.0 Å². The topological polar surface area (TPSA) is 263 Å². The molecule has 1 aliphatic carbocycles. The quantitative estimate of drug-likeness (QED) is 0.0602. The summed E-state index contributed by atoms with van der Waals surface area (Å²) in [6.45, 7) is 11.2. The lowest BCUT2D eigenvalue weighted by Crippen LogP contribution is -2.39. The maximum atomic E-state index is 12.6. The van der Waals surface area contributed by atoms with Gasteiger partial charge >= 0.3 is 6.18 Å². The highest BCUT2D eigenvalue weighted by Gasteiger charge is 2.31. The molecular formula is C66H67F3N18O3S. The summed E-state index contributed by atoms with van der Waals surface area (Å²) in [7, 11) is 0. The lowest BCUT2D eigenvalue weighted by molar-refractivity contribution is -0.137. The van der Waals surface area contributed by atoms with Crippen LogP contribution in [0.1, 0.15) is 75.7 Å². The second kappa shape index (κ2) is 30.0. The molecule has 3 aliphatic rings. The van der Waals surface area contributed by atoms with Crippen molar-refractivity contribution >= 4 is 72.9 Å². The van der Waals surface area contributed by atoms with Gasteiger partial charge in [0.2, 0.25) is 0 Å². The average Bonchev–Trinajstić information content (AvgIpc) is 1.79. The van der Waals surface area contributed by atoms with Gasteiger partial charge in [0.25, 0.3) is 11.6 Å². The number of rotatable bonds is 16. The van der Waals surface area contributed by atoms with Crippen LogP contribution in [0.15, 0.2) is 151 Å². The summed E-state index contributed by atoms with van der Waals surface area (Å²) < 4.78 is 48.5. The number of amides is 1.